The van der Waals surface area contributed by atoms with Crippen molar-refractivity contribution in [2.45, 2.75) is 0 Å². The van der Waals surface area contributed by atoms with Crippen LogP contribution in [0.4, 0.5) is 4.39 Å². The summed E-state index contributed by atoms with van der Waals surface area (Å²) in [6, 6.07) is 11.1. The Kier molecular flexibility index (Phi) is 4.24. The maximum Gasteiger partial charge on any atom is 0.146 e. The summed E-state index contributed by atoms with van der Waals surface area (Å²) < 4.78 is 14.2. The van der Waals surface area contributed by atoms with Gasteiger partial charge in [-0.2, -0.15) is 0 Å². The summed E-state index contributed by atoms with van der Waals surface area (Å²) in [6.07, 6.45) is 2.98. The molecule has 5 heteroatoms. The summed E-state index contributed by atoms with van der Waals surface area (Å²) in [4.78, 5) is 5.98. The third-order valence-corrected chi connectivity index (χ3v) is 4.15. The van der Waals surface area contributed by atoms with Crippen LogP contribution >= 0.6 is 23.2 Å². The lowest BCUT2D eigenvalue weighted by Crippen LogP contribution is -2.21. The molecule has 1 aromatic carbocycles. The summed E-state index contributed by atoms with van der Waals surface area (Å²) in [5.41, 5.74) is 3.03. The minimum absolute atomic E-state index is 0.257. The molecule has 0 saturated heterocycles. The molecule has 0 unspecified atom stereocenters. The normalized spacial score (nSPS) is 15.0. The van der Waals surface area contributed by atoms with Gasteiger partial charge < -0.3 is 4.90 Å². The minimum Gasteiger partial charge on any atom is -0.340 e. The van der Waals surface area contributed by atoms with E-state index in [1.54, 1.807) is 18.0 Å². The standard InChI is InChI=1S/C18H13Cl2FN2/c1-11-16(21)9-14(12-6-4-3-5-7-12)18(23(11)2)17-15(20)8-13(19)10-22-17/h3-10H,1H2,2H3. The smallest absolute Gasteiger partial charge is 0.146 e. The highest BCUT2D eigenvalue weighted by Gasteiger charge is 2.26. The fraction of sp³-hybridized carbons (Fsp3) is 0.0556. The Morgan fingerprint density at radius 1 is 1.17 bits per heavy atom. The van der Waals surface area contributed by atoms with Gasteiger partial charge in [0.25, 0.3) is 0 Å². The van der Waals surface area contributed by atoms with Crippen LogP contribution in [0.5, 0.6) is 0 Å². The molecule has 2 aromatic rings. The van der Waals surface area contributed by atoms with Gasteiger partial charge in [0.05, 0.1) is 21.4 Å². The quantitative estimate of drug-likeness (QED) is 0.706. The molecule has 1 aromatic heterocycles. The number of rotatable bonds is 2. The van der Waals surface area contributed by atoms with Gasteiger partial charge in [0.2, 0.25) is 0 Å². The molecule has 0 atom stereocenters. The van der Waals surface area contributed by atoms with Crippen LogP contribution in [0.2, 0.25) is 10.0 Å². The van der Waals surface area contributed by atoms with Crippen LogP contribution in [-0.4, -0.2) is 16.9 Å². The molecule has 2 nitrogen and oxygen atoms in total. The van der Waals surface area contributed by atoms with E-state index in [0.717, 1.165) is 5.56 Å². The summed E-state index contributed by atoms with van der Waals surface area (Å²) in [5, 5.41) is 0.843. The van der Waals surface area contributed by atoms with Gasteiger partial charge in [-0.3, -0.25) is 4.98 Å². The highest BCUT2D eigenvalue weighted by molar-refractivity contribution is 6.35. The maximum atomic E-state index is 14.2. The van der Waals surface area contributed by atoms with Crippen LogP contribution in [0.3, 0.4) is 0 Å². The van der Waals surface area contributed by atoms with Crippen molar-refractivity contribution in [3.8, 4) is 0 Å². The number of pyridine rings is 1. The van der Waals surface area contributed by atoms with Gasteiger partial charge in [-0.25, -0.2) is 4.39 Å². The first kappa shape index (κ1) is 15.8. The second kappa shape index (κ2) is 6.19. The lowest BCUT2D eigenvalue weighted by atomic mass is 9.97. The SMILES string of the molecule is C=C1C(F)=CC(c2ccccc2)=C(c2ncc(Cl)cc2Cl)N1C. The fourth-order valence-electron chi connectivity index (χ4n) is 2.47. The predicted molar refractivity (Wildman–Crippen MR) is 93.6 cm³/mol. The van der Waals surface area contributed by atoms with Crippen molar-refractivity contribution in [3.05, 3.63) is 88.1 Å². The van der Waals surface area contributed by atoms with E-state index in [-0.39, 0.29) is 11.5 Å². The average molecular weight is 347 g/mol. The Balaban J connectivity index is 2.30. The number of hydrogen-bond acceptors (Lipinski definition) is 2. The molecule has 3 rings (SSSR count). The van der Waals surface area contributed by atoms with Crippen molar-refractivity contribution >= 4 is 34.5 Å². The van der Waals surface area contributed by atoms with E-state index in [0.29, 0.717) is 27.0 Å². The third kappa shape index (κ3) is 2.90. The van der Waals surface area contributed by atoms with E-state index in [1.165, 1.54) is 12.3 Å². The van der Waals surface area contributed by atoms with Crippen LogP contribution in [0.25, 0.3) is 11.3 Å². The van der Waals surface area contributed by atoms with Gasteiger partial charge in [0, 0.05) is 18.8 Å². The van der Waals surface area contributed by atoms with Crippen molar-refractivity contribution in [1.29, 1.82) is 0 Å². The summed E-state index contributed by atoms with van der Waals surface area (Å²) in [5.74, 6) is -0.389. The first-order valence-electron chi connectivity index (χ1n) is 6.90. The molecule has 116 valence electrons. The molecule has 1 aliphatic heterocycles. The Morgan fingerprint density at radius 2 is 1.87 bits per heavy atom. The largest absolute Gasteiger partial charge is 0.340 e. The highest BCUT2D eigenvalue weighted by atomic mass is 35.5. The Labute approximate surface area is 144 Å². The van der Waals surface area contributed by atoms with Crippen molar-refractivity contribution in [2.24, 2.45) is 0 Å². The molecule has 0 saturated carbocycles. The third-order valence-electron chi connectivity index (χ3n) is 3.66. The Hall–Kier alpha value is -2.10. The summed E-state index contributed by atoms with van der Waals surface area (Å²) in [6.45, 7) is 3.78. The Bertz CT molecular complexity index is 841. The molecule has 23 heavy (non-hydrogen) atoms. The first-order chi connectivity index (χ1) is 11.0. The van der Waals surface area contributed by atoms with Crippen molar-refractivity contribution in [2.75, 3.05) is 7.05 Å². The lowest BCUT2D eigenvalue weighted by molar-refractivity contribution is 0.528. The minimum atomic E-state index is -0.389. The van der Waals surface area contributed by atoms with E-state index in [4.69, 9.17) is 23.2 Å². The molecule has 0 fully saturated rings. The highest BCUT2D eigenvalue weighted by Crippen LogP contribution is 2.40. The monoisotopic (exact) mass is 346 g/mol. The molecule has 1 aliphatic rings. The molecule has 0 spiro atoms. The molecular weight excluding hydrogens is 334 g/mol. The van der Waals surface area contributed by atoms with Crippen molar-refractivity contribution in [3.63, 3.8) is 0 Å². The molecular formula is C18H13Cl2FN2. The topological polar surface area (TPSA) is 16.1 Å². The second-order valence-corrected chi connectivity index (χ2v) is 5.95. The van der Waals surface area contributed by atoms with Crippen LogP contribution in [0.1, 0.15) is 11.3 Å². The van der Waals surface area contributed by atoms with Gasteiger partial charge in [0.1, 0.15) is 11.5 Å². The molecule has 2 heterocycles. The van der Waals surface area contributed by atoms with Crippen molar-refractivity contribution in [1.82, 2.24) is 9.88 Å². The van der Waals surface area contributed by atoms with Gasteiger partial charge in [-0.15, -0.1) is 0 Å². The van der Waals surface area contributed by atoms with E-state index >= 15 is 0 Å². The van der Waals surface area contributed by atoms with Gasteiger partial charge >= 0.3 is 0 Å². The molecule has 0 N–H and O–H groups in total. The van der Waals surface area contributed by atoms with E-state index in [2.05, 4.69) is 11.6 Å². The lowest BCUT2D eigenvalue weighted by Gasteiger charge is -2.30. The molecule has 0 aliphatic carbocycles. The number of allylic oxidation sites excluding steroid dienone is 3. The van der Waals surface area contributed by atoms with Crippen LogP contribution in [0.15, 0.2) is 66.8 Å². The first-order valence-corrected chi connectivity index (χ1v) is 7.66. The van der Waals surface area contributed by atoms with E-state index < -0.39 is 0 Å². The number of benzene rings is 1. The summed E-state index contributed by atoms with van der Waals surface area (Å²) >= 11 is 12.2. The molecule has 0 bridgehead atoms. The zero-order valence-corrected chi connectivity index (χ0v) is 13.9. The van der Waals surface area contributed by atoms with E-state index in [9.17, 15) is 4.39 Å². The Morgan fingerprint density at radius 3 is 2.52 bits per heavy atom. The fourth-order valence-corrected chi connectivity index (χ4v) is 2.94. The average Bonchev–Trinajstić information content (AvgIpc) is 2.54. The number of likely N-dealkylation sites (N-methyl/N-ethyl adjacent to an activating group) is 1. The molecule has 0 amide bonds. The second-order valence-electron chi connectivity index (χ2n) is 5.11. The van der Waals surface area contributed by atoms with Crippen LogP contribution in [-0.2, 0) is 0 Å². The number of nitrogens with zero attached hydrogens (tertiary/aromatic N) is 2. The van der Waals surface area contributed by atoms with Crippen molar-refractivity contribution < 1.29 is 4.39 Å². The van der Waals surface area contributed by atoms with Crippen LogP contribution < -0.4 is 0 Å². The predicted octanol–water partition coefficient (Wildman–Crippen LogP) is 5.57. The van der Waals surface area contributed by atoms with E-state index in [1.807, 2.05) is 30.3 Å². The summed E-state index contributed by atoms with van der Waals surface area (Å²) in [7, 11) is 1.74. The maximum absolute atomic E-state index is 14.2. The number of hydrogen-bond donors (Lipinski definition) is 0. The van der Waals surface area contributed by atoms with Gasteiger partial charge in [-0.05, 0) is 17.7 Å². The number of aromatic nitrogens is 1. The zero-order chi connectivity index (χ0) is 16.6. The van der Waals surface area contributed by atoms with Crippen LogP contribution in [0, 0.1) is 0 Å². The zero-order valence-electron chi connectivity index (χ0n) is 12.4. The van der Waals surface area contributed by atoms with Gasteiger partial charge in [-0.1, -0.05) is 60.1 Å². The van der Waals surface area contributed by atoms with Gasteiger partial charge in [0.15, 0.2) is 0 Å². The molecule has 0 radical (unpaired) electrons. The number of halogens is 3.